The van der Waals surface area contributed by atoms with E-state index >= 15 is 0 Å². The van der Waals surface area contributed by atoms with Crippen LogP contribution in [0.5, 0.6) is 0 Å². The smallest absolute Gasteiger partial charge is 0.0315 e. The molecule has 1 N–H and O–H groups in total. The van der Waals surface area contributed by atoms with Gasteiger partial charge in [0.15, 0.2) is 0 Å². The zero-order valence-corrected chi connectivity index (χ0v) is 10.7. The quantitative estimate of drug-likeness (QED) is 0.758. The third-order valence-electron chi connectivity index (χ3n) is 2.94. The van der Waals surface area contributed by atoms with Gasteiger partial charge in [-0.25, -0.2) is 0 Å². The third kappa shape index (κ3) is 4.31. The van der Waals surface area contributed by atoms with Crippen LogP contribution in [0.4, 0.5) is 0 Å². The lowest BCUT2D eigenvalue weighted by Gasteiger charge is -2.22. The van der Waals surface area contributed by atoms with Crippen LogP contribution in [0, 0.1) is 0 Å². The Hall–Kier alpha value is -0.890. The van der Waals surface area contributed by atoms with Gasteiger partial charge in [-0.05, 0) is 31.4 Å². The Kier molecular flexibility index (Phi) is 6.09. The van der Waals surface area contributed by atoms with E-state index < -0.39 is 0 Å². The van der Waals surface area contributed by atoms with E-state index in [-0.39, 0.29) is 0 Å². The second-order valence-corrected chi connectivity index (χ2v) is 4.45. The molecule has 0 aliphatic carbocycles. The molecule has 0 radical (unpaired) electrons. The fourth-order valence-corrected chi connectivity index (χ4v) is 2.09. The Labute approximate surface area is 99.5 Å². The van der Waals surface area contributed by atoms with Crippen molar-refractivity contribution in [1.82, 2.24) is 10.3 Å². The summed E-state index contributed by atoms with van der Waals surface area (Å²) in [7, 11) is 0. The molecule has 0 amide bonds. The fraction of sp³-hybridized carbons (Fsp3) is 0.643. The first-order chi connectivity index (χ1) is 7.77. The molecule has 0 fully saturated rings. The summed E-state index contributed by atoms with van der Waals surface area (Å²) in [5.41, 5.74) is 1.28. The van der Waals surface area contributed by atoms with E-state index in [1.54, 1.807) is 0 Å². The van der Waals surface area contributed by atoms with Crippen LogP contribution < -0.4 is 5.32 Å². The van der Waals surface area contributed by atoms with Crippen LogP contribution in [-0.2, 0) is 0 Å². The van der Waals surface area contributed by atoms with Crippen molar-refractivity contribution in [3.63, 3.8) is 0 Å². The number of nitrogens with one attached hydrogen (secondary N) is 1. The molecule has 2 heteroatoms. The molecule has 2 nitrogen and oxygen atoms in total. The van der Waals surface area contributed by atoms with Gasteiger partial charge in [0.2, 0.25) is 0 Å². The predicted octanol–water partition coefficient (Wildman–Crippen LogP) is 3.70. The van der Waals surface area contributed by atoms with Crippen molar-refractivity contribution in [2.75, 3.05) is 0 Å². The van der Waals surface area contributed by atoms with Crippen molar-refractivity contribution in [2.24, 2.45) is 0 Å². The molecular formula is C14H24N2. The summed E-state index contributed by atoms with van der Waals surface area (Å²) in [6.07, 6.45) is 8.80. The number of pyridine rings is 1. The van der Waals surface area contributed by atoms with Crippen molar-refractivity contribution < 1.29 is 0 Å². The molecule has 0 aliphatic heterocycles. The van der Waals surface area contributed by atoms with E-state index in [1.165, 1.54) is 31.2 Å². The standard InChI is InChI=1S/C14H24N2/c1-4-7-14(8-5-2)16-12(3)13-9-6-10-15-11-13/h6,9-12,14,16H,4-5,7-8H2,1-3H3/t12-/m0/s1. The van der Waals surface area contributed by atoms with Gasteiger partial charge in [-0.3, -0.25) is 4.98 Å². The van der Waals surface area contributed by atoms with Gasteiger partial charge in [-0.15, -0.1) is 0 Å². The molecule has 90 valence electrons. The molecule has 0 aliphatic rings. The molecule has 1 aromatic heterocycles. The zero-order valence-electron chi connectivity index (χ0n) is 10.7. The summed E-state index contributed by atoms with van der Waals surface area (Å²) in [4.78, 5) is 4.17. The van der Waals surface area contributed by atoms with Gasteiger partial charge in [0.25, 0.3) is 0 Å². The van der Waals surface area contributed by atoms with Crippen molar-refractivity contribution in [3.8, 4) is 0 Å². The SMILES string of the molecule is CCCC(CCC)N[C@@H](C)c1cccnc1. The van der Waals surface area contributed by atoms with Crippen LogP contribution in [0.25, 0.3) is 0 Å². The molecule has 1 heterocycles. The maximum Gasteiger partial charge on any atom is 0.0315 e. The van der Waals surface area contributed by atoms with Crippen LogP contribution >= 0.6 is 0 Å². The van der Waals surface area contributed by atoms with Crippen molar-refractivity contribution in [3.05, 3.63) is 30.1 Å². The Morgan fingerprint density at radius 2 is 1.94 bits per heavy atom. The average Bonchev–Trinajstić information content (AvgIpc) is 2.31. The Bertz CT molecular complexity index is 265. The summed E-state index contributed by atoms with van der Waals surface area (Å²) in [5, 5.41) is 3.70. The number of nitrogens with zero attached hydrogens (tertiary/aromatic N) is 1. The molecule has 16 heavy (non-hydrogen) atoms. The zero-order chi connectivity index (χ0) is 11.8. The second-order valence-electron chi connectivity index (χ2n) is 4.45. The van der Waals surface area contributed by atoms with E-state index in [4.69, 9.17) is 0 Å². The highest BCUT2D eigenvalue weighted by molar-refractivity contribution is 5.12. The molecule has 0 spiro atoms. The van der Waals surface area contributed by atoms with Crippen LogP contribution in [0.15, 0.2) is 24.5 Å². The van der Waals surface area contributed by atoms with Gasteiger partial charge >= 0.3 is 0 Å². The topological polar surface area (TPSA) is 24.9 Å². The predicted molar refractivity (Wildman–Crippen MR) is 69.4 cm³/mol. The van der Waals surface area contributed by atoms with Gasteiger partial charge in [0.05, 0.1) is 0 Å². The van der Waals surface area contributed by atoms with Crippen molar-refractivity contribution in [1.29, 1.82) is 0 Å². The van der Waals surface area contributed by atoms with E-state index in [1.807, 2.05) is 18.5 Å². The Morgan fingerprint density at radius 1 is 1.25 bits per heavy atom. The molecule has 1 aromatic rings. The summed E-state index contributed by atoms with van der Waals surface area (Å²) in [5.74, 6) is 0. The van der Waals surface area contributed by atoms with Crippen LogP contribution in [-0.4, -0.2) is 11.0 Å². The average molecular weight is 220 g/mol. The highest BCUT2D eigenvalue weighted by Crippen LogP contribution is 2.14. The summed E-state index contributed by atoms with van der Waals surface area (Å²) >= 11 is 0. The molecule has 0 saturated carbocycles. The maximum atomic E-state index is 4.17. The first kappa shape index (κ1) is 13.2. The molecule has 0 bridgehead atoms. The van der Waals surface area contributed by atoms with E-state index in [9.17, 15) is 0 Å². The number of hydrogen-bond acceptors (Lipinski definition) is 2. The first-order valence-electron chi connectivity index (χ1n) is 6.43. The molecule has 1 rings (SSSR count). The lowest BCUT2D eigenvalue weighted by Crippen LogP contribution is -2.31. The monoisotopic (exact) mass is 220 g/mol. The number of aromatic nitrogens is 1. The lowest BCUT2D eigenvalue weighted by molar-refractivity contribution is 0.402. The molecule has 0 unspecified atom stereocenters. The van der Waals surface area contributed by atoms with E-state index in [0.29, 0.717) is 12.1 Å². The van der Waals surface area contributed by atoms with E-state index in [0.717, 1.165) is 0 Å². The minimum atomic E-state index is 0.400. The van der Waals surface area contributed by atoms with Gasteiger partial charge in [-0.2, -0.15) is 0 Å². The van der Waals surface area contributed by atoms with Crippen LogP contribution in [0.1, 0.15) is 58.1 Å². The van der Waals surface area contributed by atoms with Gasteiger partial charge in [-0.1, -0.05) is 32.8 Å². The Morgan fingerprint density at radius 3 is 2.44 bits per heavy atom. The Balaban J connectivity index is 2.50. The highest BCUT2D eigenvalue weighted by atomic mass is 14.9. The summed E-state index contributed by atoms with van der Waals surface area (Å²) < 4.78 is 0. The minimum absolute atomic E-state index is 0.400. The van der Waals surface area contributed by atoms with E-state index in [2.05, 4.69) is 37.1 Å². The molecular weight excluding hydrogens is 196 g/mol. The normalized spacial score (nSPS) is 13.0. The summed E-state index contributed by atoms with van der Waals surface area (Å²) in [6, 6.07) is 5.18. The first-order valence-corrected chi connectivity index (χ1v) is 6.43. The van der Waals surface area contributed by atoms with Crippen molar-refractivity contribution in [2.45, 2.75) is 58.5 Å². The van der Waals surface area contributed by atoms with Crippen LogP contribution in [0.2, 0.25) is 0 Å². The number of rotatable bonds is 7. The van der Waals surface area contributed by atoms with Gasteiger partial charge < -0.3 is 5.32 Å². The second kappa shape index (κ2) is 7.39. The summed E-state index contributed by atoms with van der Waals surface area (Å²) in [6.45, 7) is 6.72. The minimum Gasteiger partial charge on any atom is -0.307 e. The lowest BCUT2D eigenvalue weighted by atomic mass is 10.0. The molecule has 1 atom stereocenters. The van der Waals surface area contributed by atoms with Crippen molar-refractivity contribution >= 4 is 0 Å². The fourth-order valence-electron chi connectivity index (χ4n) is 2.09. The molecule has 0 aromatic carbocycles. The third-order valence-corrected chi connectivity index (χ3v) is 2.94. The van der Waals surface area contributed by atoms with Gasteiger partial charge in [0, 0.05) is 24.5 Å². The molecule has 0 saturated heterocycles. The van der Waals surface area contributed by atoms with Gasteiger partial charge in [0.1, 0.15) is 0 Å². The highest BCUT2D eigenvalue weighted by Gasteiger charge is 2.11. The number of hydrogen-bond donors (Lipinski definition) is 1. The van der Waals surface area contributed by atoms with Crippen LogP contribution in [0.3, 0.4) is 0 Å². The maximum absolute atomic E-state index is 4.17. The largest absolute Gasteiger partial charge is 0.307 e.